The number of nitrogens with zero attached hydrogens (tertiary/aromatic N) is 1. The van der Waals surface area contributed by atoms with Gasteiger partial charge in [0.2, 0.25) is 0 Å². The van der Waals surface area contributed by atoms with E-state index in [1.807, 2.05) is 28.7 Å². The van der Waals surface area contributed by atoms with Gasteiger partial charge in [-0.25, -0.2) is 0 Å². The van der Waals surface area contributed by atoms with Crippen LogP contribution in [0.15, 0.2) is 138 Å². The summed E-state index contributed by atoms with van der Waals surface area (Å²) >= 11 is 3.70. The first-order valence-electron chi connectivity index (χ1n) is 15.5. The Balaban J connectivity index is 1.18. The second-order valence-corrected chi connectivity index (χ2v) is 13.8. The van der Waals surface area contributed by atoms with E-state index >= 15 is 0 Å². The summed E-state index contributed by atoms with van der Waals surface area (Å²) < 4.78 is 10.3. The monoisotopic (exact) mass is 626 g/mol. The molecule has 0 unspecified atom stereocenters. The molecular formula is C41H26N2OS2. The Kier molecular flexibility index (Phi) is 5.68. The number of benzene rings is 6. The second kappa shape index (κ2) is 10.1. The van der Waals surface area contributed by atoms with Crippen LogP contribution in [0.25, 0.3) is 69.4 Å². The minimum absolute atomic E-state index is 0.880. The van der Waals surface area contributed by atoms with Crippen LogP contribution in [0.1, 0.15) is 5.56 Å². The zero-order valence-electron chi connectivity index (χ0n) is 24.7. The molecule has 0 fully saturated rings. The fourth-order valence-corrected chi connectivity index (χ4v) is 9.32. The number of para-hydroxylation sites is 1. The van der Waals surface area contributed by atoms with Crippen molar-refractivity contribution in [2.45, 2.75) is 0 Å². The predicted octanol–water partition coefficient (Wildman–Crippen LogP) is 12.7. The number of rotatable bonds is 4. The first kappa shape index (κ1) is 25.9. The summed E-state index contributed by atoms with van der Waals surface area (Å²) in [5, 5.41) is 10.9. The van der Waals surface area contributed by atoms with Gasteiger partial charge in [-0.1, -0.05) is 84.9 Å². The summed E-state index contributed by atoms with van der Waals surface area (Å²) in [5.74, 6) is 0. The smallest absolute Gasteiger partial charge is 0.137 e. The molecule has 46 heavy (non-hydrogen) atoms. The van der Waals surface area contributed by atoms with E-state index in [0.29, 0.717) is 0 Å². The van der Waals surface area contributed by atoms with Crippen molar-refractivity contribution < 1.29 is 4.42 Å². The average Bonchev–Trinajstić information content (AvgIpc) is 3.80. The molecule has 3 aromatic heterocycles. The lowest BCUT2D eigenvalue weighted by Gasteiger charge is -2.26. The molecule has 6 aromatic carbocycles. The summed E-state index contributed by atoms with van der Waals surface area (Å²) in [6, 6.07) is 46.0. The fraction of sp³-hybridized carbons (Fsp3) is 0.0244. The van der Waals surface area contributed by atoms with Gasteiger partial charge >= 0.3 is 0 Å². The van der Waals surface area contributed by atoms with Crippen LogP contribution in [0.4, 0.5) is 22.1 Å². The molecule has 0 saturated heterocycles. The van der Waals surface area contributed by atoms with Crippen molar-refractivity contribution in [2.24, 2.45) is 0 Å². The molecule has 9 aromatic rings. The van der Waals surface area contributed by atoms with Crippen LogP contribution < -0.4 is 10.2 Å². The second-order valence-electron chi connectivity index (χ2n) is 11.7. The number of nitrogens with one attached hydrogen (secondary N) is 1. The van der Waals surface area contributed by atoms with Crippen LogP contribution in [0.3, 0.4) is 0 Å². The molecule has 0 amide bonds. The molecule has 4 heterocycles. The number of furan rings is 1. The first-order chi connectivity index (χ1) is 22.8. The lowest BCUT2D eigenvalue weighted by atomic mass is 10.0. The molecule has 0 saturated carbocycles. The Labute approximate surface area is 273 Å². The van der Waals surface area contributed by atoms with E-state index < -0.39 is 0 Å². The standard InChI is InChI=1S/C41H26N2OS2/c1-3-14-35-32(9-1)39-34(13-6-15-36(39)44-35)43(27-21-22-38-33(24-27)29-8-2-4-16-37(29)45-38)26-19-17-25(18-20-26)28-10-5-11-30-31-12-7-23-42-41(31)46-40(28)30/h1-22,24,42H,23H2. The Morgan fingerprint density at radius 1 is 0.609 bits per heavy atom. The highest BCUT2D eigenvalue weighted by Crippen LogP contribution is 2.46. The third kappa shape index (κ3) is 3.89. The van der Waals surface area contributed by atoms with Gasteiger partial charge in [0.1, 0.15) is 11.2 Å². The van der Waals surface area contributed by atoms with E-state index in [4.69, 9.17) is 4.42 Å². The van der Waals surface area contributed by atoms with Crippen molar-refractivity contribution in [3.8, 4) is 11.1 Å². The third-order valence-corrected chi connectivity index (χ3v) is 11.5. The highest BCUT2D eigenvalue weighted by atomic mass is 32.1. The van der Waals surface area contributed by atoms with Gasteiger partial charge in [0.05, 0.1) is 16.1 Å². The predicted molar refractivity (Wildman–Crippen MR) is 200 cm³/mol. The van der Waals surface area contributed by atoms with Gasteiger partial charge in [-0.3, -0.25) is 0 Å². The third-order valence-electron chi connectivity index (χ3n) is 9.10. The van der Waals surface area contributed by atoms with Gasteiger partial charge in [0.15, 0.2) is 0 Å². The van der Waals surface area contributed by atoms with Crippen LogP contribution in [-0.4, -0.2) is 6.54 Å². The van der Waals surface area contributed by atoms with Gasteiger partial charge in [0.25, 0.3) is 0 Å². The summed E-state index contributed by atoms with van der Waals surface area (Å²) in [6.07, 6.45) is 4.45. The first-order valence-corrected chi connectivity index (χ1v) is 17.1. The number of hydrogen-bond acceptors (Lipinski definition) is 5. The largest absolute Gasteiger partial charge is 0.456 e. The van der Waals surface area contributed by atoms with Crippen molar-refractivity contribution in [1.29, 1.82) is 0 Å². The lowest BCUT2D eigenvalue weighted by molar-refractivity contribution is 0.669. The molecule has 10 rings (SSSR count). The molecule has 0 radical (unpaired) electrons. The minimum Gasteiger partial charge on any atom is -0.456 e. The number of thiophene rings is 2. The maximum Gasteiger partial charge on any atom is 0.137 e. The fourth-order valence-electron chi connectivity index (χ4n) is 7.00. The Morgan fingerprint density at radius 3 is 2.30 bits per heavy atom. The lowest BCUT2D eigenvalue weighted by Crippen LogP contribution is -2.10. The Morgan fingerprint density at radius 2 is 1.37 bits per heavy atom. The molecule has 0 bridgehead atoms. The highest BCUT2D eigenvalue weighted by molar-refractivity contribution is 7.25. The maximum atomic E-state index is 6.35. The SMILES string of the molecule is C1=Cc2c(sc3c(-c4ccc(N(c5ccc6sc7ccccc7c6c5)c5cccc6oc7ccccc7c56)cc4)cccc23)NC1. The molecule has 1 aliphatic heterocycles. The summed E-state index contributed by atoms with van der Waals surface area (Å²) in [4.78, 5) is 2.39. The number of fused-ring (bicyclic) bond motifs is 9. The molecule has 1 N–H and O–H groups in total. The number of hydrogen-bond donors (Lipinski definition) is 1. The molecule has 0 aliphatic carbocycles. The maximum absolute atomic E-state index is 6.35. The van der Waals surface area contributed by atoms with Crippen molar-refractivity contribution in [3.63, 3.8) is 0 Å². The molecule has 0 spiro atoms. The van der Waals surface area contributed by atoms with Gasteiger partial charge in [-0.2, -0.15) is 0 Å². The quantitative estimate of drug-likeness (QED) is 0.211. The van der Waals surface area contributed by atoms with E-state index in [2.05, 4.69) is 144 Å². The van der Waals surface area contributed by atoms with Crippen molar-refractivity contribution in [3.05, 3.63) is 139 Å². The minimum atomic E-state index is 0.880. The molecule has 1 aliphatic rings. The molecule has 3 nitrogen and oxygen atoms in total. The van der Waals surface area contributed by atoms with Crippen molar-refractivity contribution in [1.82, 2.24) is 0 Å². The summed E-state index contributed by atoms with van der Waals surface area (Å²) in [5.41, 5.74) is 8.87. The Bertz CT molecular complexity index is 2660. The zero-order valence-corrected chi connectivity index (χ0v) is 26.3. The van der Waals surface area contributed by atoms with Gasteiger partial charge in [0, 0.05) is 59.1 Å². The molecule has 0 atom stereocenters. The van der Waals surface area contributed by atoms with E-state index in [-0.39, 0.29) is 0 Å². The van der Waals surface area contributed by atoms with E-state index in [1.54, 1.807) is 0 Å². The van der Waals surface area contributed by atoms with Crippen LogP contribution >= 0.6 is 22.7 Å². The zero-order chi connectivity index (χ0) is 30.2. The van der Waals surface area contributed by atoms with E-state index in [0.717, 1.165) is 45.5 Å². The highest BCUT2D eigenvalue weighted by Gasteiger charge is 2.21. The summed E-state index contributed by atoms with van der Waals surface area (Å²) in [7, 11) is 0. The normalized spacial score (nSPS) is 12.8. The van der Waals surface area contributed by atoms with Crippen molar-refractivity contribution >= 4 is 103 Å². The molecule has 218 valence electrons. The molecular weight excluding hydrogens is 601 g/mol. The van der Waals surface area contributed by atoms with E-state index in [9.17, 15) is 0 Å². The van der Waals surface area contributed by atoms with Crippen LogP contribution in [0.5, 0.6) is 0 Å². The summed E-state index contributed by atoms with van der Waals surface area (Å²) in [6.45, 7) is 0.880. The van der Waals surface area contributed by atoms with E-state index in [1.165, 1.54) is 51.9 Å². The van der Waals surface area contributed by atoms with Crippen LogP contribution in [0, 0.1) is 0 Å². The molecule has 5 heteroatoms. The Hall–Kier alpha value is -5.36. The van der Waals surface area contributed by atoms with Gasteiger partial charge in [-0.15, -0.1) is 22.7 Å². The van der Waals surface area contributed by atoms with Gasteiger partial charge in [-0.05, 0) is 65.7 Å². The number of anilines is 4. The van der Waals surface area contributed by atoms with Gasteiger partial charge < -0.3 is 14.6 Å². The van der Waals surface area contributed by atoms with Crippen LogP contribution in [0.2, 0.25) is 0 Å². The van der Waals surface area contributed by atoms with Crippen LogP contribution in [-0.2, 0) is 0 Å². The topological polar surface area (TPSA) is 28.4 Å². The average molecular weight is 627 g/mol. The van der Waals surface area contributed by atoms with Crippen molar-refractivity contribution in [2.75, 3.05) is 16.8 Å².